The fourth-order valence-electron chi connectivity index (χ4n) is 6.39. The van der Waals surface area contributed by atoms with E-state index in [1.165, 1.54) is 31.2 Å². The molecule has 304 valence electrons. The number of pyridine rings is 3. The highest BCUT2D eigenvalue weighted by Gasteiger charge is 2.25. The monoisotopic (exact) mass is 769 g/mol. The lowest BCUT2D eigenvalue weighted by molar-refractivity contribution is 0.270. The van der Waals surface area contributed by atoms with Gasteiger partial charge in [-0.05, 0) is 64.0 Å². The molecule has 2 aliphatic carbocycles. The molecule has 56 heavy (non-hydrogen) atoms. The number of likely N-dealkylation sites (N-methyl/N-ethyl adjacent to an activating group) is 2. The van der Waals surface area contributed by atoms with Gasteiger partial charge in [0.2, 0.25) is 0 Å². The Morgan fingerprint density at radius 3 is 2.04 bits per heavy atom. The van der Waals surface area contributed by atoms with Crippen molar-refractivity contribution in [2.45, 2.75) is 78.2 Å². The first-order valence-corrected chi connectivity index (χ1v) is 20.5. The fourth-order valence-corrected chi connectivity index (χ4v) is 6.39. The molecule has 3 fully saturated rings. The van der Waals surface area contributed by atoms with E-state index in [0.717, 1.165) is 85.4 Å². The number of aromatic nitrogens is 5. The predicted octanol–water partition coefficient (Wildman–Crippen LogP) is 6.12. The lowest BCUT2D eigenvalue weighted by Crippen LogP contribution is -2.43. The summed E-state index contributed by atoms with van der Waals surface area (Å²) in [5.74, 6) is 5.95. The van der Waals surface area contributed by atoms with Crippen molar-refractivity contribution < 1.29 is 10.2 Å². The maximum Gasteiger partial charge on any atom is 0.150 e. The number of nitrogens with zero attached hydrogens (tertiary/aromatic N) is 9. The Kier molecular flexibility index (Phi) is 15.8. The second kappa shape index (κ2) is 20.9. The van der Waals surface area contributed by atoms with E-state index in [2.05, 4.69) is 78.8 Å². The zero-order valence-electron chi connectivity index (χ0n) is 34.5. The molecule has 0 radical (unpaired) electrons. The summed E-state index contributed by atoms with van der Waals surface area (Å²) in [7, 11) is 3.90. The third-order valence-electron chi connectivity index (χ3n) is 10.3. The van der Waals surface area contributed by atoms with Crippen molar-refractivity contribution in [2.24, 2.45) is 0 Å². The van der Waals surface area contributed by atoms with Crippen LogP contribution in [0.2, 0.25) is 0 Å². The van der Waals surface area contributed by atoms with Crippen LogP contribution in [0.4, 0.5) is 46.3 Å². The minimum absolute atomic E-state index is 0.0186. The highest BCUT2D eigenvalue weighted by molar-refractivity contribution is 5.67. The first-order chi connectivity index (χ1) is 27.3. The molecule has 4 aromatic rings. The van der Waals surface area contributed by atoms with Crippen molar-refractivity contribution in [1.82, 2.24) is 30.2 Å². The van der Waals surface area contributed by atoms with Gasteiger partial charge < -0.3 is 45.8 Å². The number of anilines is 8. The second-order valence-electron chi connectivity index (χ2n) is 14.4. The van der Waals surface area contributed by atoms with Crippen LogP contribution in [0.5, 0.6) is 0 Å². The quantitative estimate of drug-likeness (QED) is 0.0890. The molecule has 0 aromatic carbocycles. The van der Waals surface area contributed by atoms with Gasteiger partial charge in [-0.25, -0.2) is 19.9 Å². The lowest BCUT2D eigenvalue weighted by Gasteiger charge is -2.30. The van der Waals surface area contributed by atoms with Crippen molar-refractivity contribution in [3.63, 3.8) is 0 Å². The van der Waals surface area contributed by atoms with Crippen LogP contribution >= 0.6 is 0 Å². The summed E-state index contributed by atoms with van der Waals surface area (Å²) in [6, 6.07) is 12.4. The largest absolute Gasteiger partial charge is 0.395 e. The van der Waals surface area contributed by atoms with Crippen LogP contribution in [0.15, 0.2) is 55.0 Å². The Bertz CT molecular complexity index is 1760. The Morgan fingerprint density at radius 1 is 0.786 bits per heavy atom. The van der Waals surface area contributed by atoms with E-state index in [1.807, 2.05) is 69.2 Å². The molecule has 1 atom stereocenters. The molecule has 7 rings (SSSR count). The molecule has 5 N–H and O–H groups in total. The van der Waals surface area contributed by atoms with Crippen LogP contribution in [0.25, 0.3) is 0 Å². The summed E-state index contributed by atoms with van der Waals surface area (Å²) in [5.41, 5.74) is 4.63. The highest BCUT2D eigenvalue weighted by Crippen LogP contribution is 2.40. The van der Waals surface area contributed by atoms with Crippen LogP contribution in [-0.2, 0) is 0 Å². The molecular formula is C42H64N12O2. The van der Waals surface area contributed by atoms with E-state index in [0.29, 0.717) is 24.2 Å². The van der Waals surface area contributed by atoms with Gasteiger partial charge >= 0.3 is 0 Å². The summed E-state index contributed by atoms with van der Waals surface area (Å²) < 4.78 is 0. The number of rotatable bonds is 16. The fraction of sp³-hybridized carbons (Fsp3) is 0.548. The third kappa shape index (κ3) is 11.9. The van der Waals surface area contributed by atoms with E-state index in [4.69, 9.17) is 9.97 Å². The summed E-state index contributed by atoms with van der Waals surface area (Å²) in [6.45, 7) is 16.7. The maximum absolute atomic E-state index is 9.50. The lowest BCUT2D eigenvalue weighted by atomic mass is 10.2. The Hall–Kier alpha value is -4.79. The summed E-state index contributed by atoms with van der Waals surface area (Å²) >= 11 is 0. The minimum Gasteiger partial charge on any atom is -0.395 e. The standard InChI is InChI=1S/C20H28N6O.C20H30N6O.C2H6/c1-25(10-11-27)20-13-17(26-8-6-21-7-9-26)12-19(24-20)23-18-5-4-16(14-22-18)15-2-3-15;1-5-26(6-2)16-9-18(24-20(10-16)25(4)14(3)13-27)23-19-12-21-17(11-22-19)15-7-8-15;1-2/h4-5,12-15,21,27H,2-3,6-11H2,1H3,(H,22,23,24);9-12,14-15,27H,5-8,13H2,1-4H3,(H,22,23,24);1-2H3. The molecular weight excluding hydrogens is 705 g/mol. The molecule has 1 unspecified atom stereocenters. The molecule has 0 bridgehead atoms. The van der Waals surface area contributed by atoms with Crippen LogP contribution in [-0.4, -0.2) is 114 Å². The van der Waals surface area contributed by atoms with Gasteiger partial charge in [0.1, 0.15) is 34.9 Å². The molecule has 3 aliphatic rings. The van der Waals surface area contributed by atoms with Gasteiger partial charge in [0.25, 0.3) is 0 Å². The van der Waals surface area contributed by atoms with Crippen molar-refractivity contribution in [3.8, 4) is 0 Å². The molecule has 2 saturated carbocycles. The van der Waals surface area contributed by atoms with E-state index in [1.54, 1.807) is 6.20 Å². The second-order valence-corrected chi connectivity index (χ2v) is 14.4. The third-order valence-corrected chi connectivity index (χ3v) is 10.3. The zero-order chi connectivity index (χ0) is 40.0. The van der Waals surface area contributed by atoms with Crippen LogP contribution in [0, 0.1) is 0 Å². The molecule has 14 nitrogen and oxygen atoms in total. The number of aliphatic hydroxyl groups is 2. The van der Waals surface area contributed by atoms with E-state index in [-0.39, 0.29) is 19.3 Å². The van der Waals surface area contributed by atoms with Crippen LogP contribution in [0.3, 0.4) is 0 Å². The minimum atomic E-state index is -0.0186. The van der Waals surface area contributed by atoms with Crippen LogP contribution in [0.1, 0.15) is 83.4 Å². The molecule has 4 aromatic heterocycles. The molecule has 1 saturated heterocycles. The zero-order valence-corrected chi connectivity index (χ0v) is 34.5. The Labute approximate surface area is 333 Å². The van der Waals surface area contributed by atoms with E-state index >= 15 is 0 Å². The van der Waals surface area contributed by atoms with Gasteiger partial charge in [-0.2, -0.15) is 0 Å². The molecule has 14 heteroatoms. The average molecular weight is 769 g/mol. The van der Waals surface area contributed by atoms with Gasteiger partial charge in [-0.15, -0.1) is 0 Å². The highest BCUT2D eigenvalue weighted by atomic mass is 16.3. The van der Waals surface area contributed by atoms with Crippen molar-refractivity contribution >= 4 is 46.3 Å². The number of nitrogens with one attached hydrogen (secondary N) is 3. The molecule has 5 heterocycles. The summed E-state index contributed by atoms with van der Waals surface area (Å²) in [6.07, 6.45) is 10.6. The van der Waals surface area contributed by atoms with Crippen LogP contribution < -0.4 is 35.6 Å². The number of aliphatic hydroxyl groups excluding tert-OH is 2. The van der Waals surface area contributed by atoms with E-state index < -0.39 is 0 Å². The van der Waals surface area contributed by atoms with Crippen molar-refractivity contribution in [3.05, 3.63) is 66.2 Å². The molecule has 0 spiro atoms. The van der Waals surface area contributed by atoms with Gasteiger partial charge in [0.05, 0.1) is 37.3 Å². The number of piperazine rings is 1. The molecule has 0 amide bonds. The smallest absolute Gasteiger partial charge is 0.150 e. The molecule has 1 aliphatic heterocycles. The van der Waals surface area contributed by atoms with Crippen molar-refractivity contribution in [2.75, 3.05) is 103 Å². The van der Waals surface area contributed by atoms with Gasteiger partial charge in [-0.1, -0.05) is 19.9 Å². The van der Waals surface area contributed by atoms with Crippen molar-refractivity contribution in [1.29, 1.82) is 0 Å². The van der Waals surface area contributed by atoms with Gasteiger partial charge in [-0.3, -0.25) is 4.98 Å². The van der Waals surface area contributed by atoms with Gasteiger partial charge in [0, 0.05) is 108 Å². The number of hydrogen-bond donors (Lipinski definition) is 5. The topological polar surface area (TPSA) is 154 Å². The first kappa shape index (κ1) is 42.4. The Morgan fingerprint density at radius 2 is 1.45 bits per heavy atom. The SMILES string of the molecule is CC.CCN(CC)c1cc(Nc2cnc(C3CC3)cn2)nc(N(C)C(C)CO)c1.CN(CCO)c1cc(N2CCNCC2)cc(Nc2ccc(C3CC3)cn2)n1. The first-order valence-electron chi connectivity index (χ1n) is 20.5. The van der Waals surface area contributed by atoms with Gasteiger partial charge in [0.15, 0.2) is 0 Å². The predicted molar refractivity (Wildman–Crippen MR) is 231 cm³/mol. The summed E-state index contributed by atoms with van der Waals surface area (Å²) in [5, 5.41) is 28.8. The maximum atomic E-state index is 9.50. The normalized spacial score (nSPS) is 15.4. The average Bonchev–Trinajstić information content (AvgIpc) is 4.18. The number of hydrogen-bond acceptors (Lipinski definition) is 14. The summed E-state index contributed by atoms with van der Waals surface area (Å²) in [4.78, 5) is 31.6. The Balaban J connectivity index is 0.000000205. The van der Waals surface area contributed by atoms with E-state index in [9.17, 15) is 10.2 Å².